The molecule has 7 heteroatoms. The zero-order valence-electron chi connectivity index (χ0n) is 21.8. The molecule has 0 spiro atoms. The van der Waals surface area contributed by atoms with E-state index in [9.17, 15) is 4.79 Å². The van der Waals surface area contributed by atoms with Crippen molar-refractivity contribution in [2.24, 2.45) is 16.3 Å². The van der Waals surface area contributed by atoms with Gasteiger partial charge in [-0.25, -0.2) is 4.99 Å². The molecule has 0 saturated heterocycles. The first-order valence-electron chi connectivity index (χ1n) is 12.1. The number of aliphatic imine (C=N–C) groups is 1. The molecule has 2 aromatic carbocycles. The van der Waals surface area contributed by atoms with Crippen LogP contribution in [0.25, 0.3) is 0 Å². The first-order valence-corrected chi connectivity index (χ1v) is 12.9. The SMILES string of the molecule is COc1cccc(/C=N\c2sc3c(c2C(=O)Nc2ccc(OC)cc2OC)CCC(C(C)(C)C)C3)c1. The average Bonchev–Trinajstić information content (AvgIpc) is 3.25. The lowest BCUT2D eigenvalue weighted by molar-refractivity contribution is 0.102. The Hall–Kier alpha value is -3.32. The van der Waals surface area contributed by atoms with Gasteiger partial charge in [0.1, 0.15) is 22.2 Å². The lowest BCUT2D eigenvalue weighted by Crippen LogP contribution is -2.27. The maximum Gasteiger partial charge on any atom is 0.259 e. The van der Waals surface area contributed by atoms with Crippen molar-refractivity contribution in [1.29, 1.82) is 0 Å². The van der Waals surface area contributed by atoms with Gasteiger partial charge in [0.2, 0.25) is 0 Å². The number of nitrogens with zero attached hydrogens (tertiary/aromatic N) is 1. The minimum absolute atomic E-state index is 0.178. The van der Waals surface area contributed by atoms with Crippen LogP contribution in [0, 0.1) is 11.3 Å². The van der Waals surface area contributed by atoms with Gasteiger partial charge < -0.3 is 19.5 Å². The highest BCUT2D eigenvalue weighted by Crippen LogP contribution is 2.45. The number of nitrogens with one attached hydrogen (secondary N) is 1. The summed E-state index contributed by atoms with van der Waals surface area (Å²) in [6.45, 7) is 6.88. The molecule has 3 aromatic rings. The van der Waals surface area contributed by atoms with Crippen LogP contribution in [0.15, 0.2) is 47.5 Å². The number of hydrogen-bond donors (Lipinski definition) is 1. The Labute approximate surface area is 217 Å². The summed E-state index contributed by atoms with van der Waals surface area (Å²) in [6.07, 6.45) is 4.68. The van der Waals surface area contributed by atoms with E-state index in [0.717, 1.165) is 41.1 Å². The number of amides is 1. The summed E-state index contributed by atoms with van der Waals surface area (Å²) in [5, 5.41) is 3.78. The van der Waals surface area contributed by atoms with E-state index in [0.29, 0.717) is 28.7 Å². The molecule has 1 aliphatic carbocycles. The van der Waals surface area contributed by atoms with Gasteiger partial charge in [0, 0.05) is 17.2 Å². The lowest BCUT2D eigenvalue weighted by atomic mass is 9.72. The topological polar surface area (TPSA) is 69.2 Å². The molecule has 1 N–H and O–H groups in total. The zero-order chi connectivity index (χ0) is 25.9. The van der Waals surface area contributed by atoms with Crippen molar-refractivity contribution in [2.75, 3.05) is 26.6 Å². The van der Waals surface area contributed by atoms with Crippen LogP contribution < -0.4 is 19.5 Å². The summed E-state index contributed by atoms with van der Waals surface area (Å²) in [7, 11) is 4.82. The predicted molar refractivity (Wildman–Crippen MR) is 147 cm³/mol. The third kappa shape index (κ3) is 5.57. The van der Waals surface area contributed by atoms with Crippen LogP contribution in [0.1, 0.15) is 53.6 Å². The van der Waals surface area contributed by atoms with Crippen LogP contribution in [0.4, 0.5) is 10.7 Å². The van der Waals surface area contributed by atoms with Crippen LogP contribution in [0.5, 0.6) is 17.2 Å². The molecule has 4 rings (SSSR count). The number of anilines is 1. The fraction of sp³-hybridized carbons (Fsp3) is 0.379. The van der Waals surface area contributed by atoms with Crippen LogP contribution in [0.2, 0.25) is 0 Å². The smallest absolute Gasteiger partial charge is 0.259 e. The van der Waals surface area contributed by atoms with Crippen molar-refractivity contribution >= 4 is 34.1 Å². The molecule has 1 amide bonds. The van der Waals surface area contributed by atoms with Crippen LogP contribution in [0.3, 0.4) is 0 Å². The Morgan fingerprint density at radius 1 is 1.06 bits per heavy atom. The maximum absolute atomic E-state index is 13.7. The maximum atomic E-state index is 13.7. The minimum atomic E-state index is -0.178. The molecular weight excluding hydrogens is 472 g/mol. The molecule has 1 atom stereocenters. The van der Waals surface area contributed by atoms with Gasteiger partial charge in [0.25, 0.3) is 5.91 Å². The average molecular weight is 507 g/mol. The molecule has 190 valence electrons. The number of methoxy groups -OCH3 is 3. The van der Waals surface area contributed by atoms with E-state index in [4.69, 9.17) is 19.2 Å². The molecule has 6 nitrogen and oxygen atoms in total. The zero-order valence-corrected chi connectivity index (χ0v) is 22.6. The normalized spacial score (nSPS) is 15.4. The third-order valence-corrected chi connectivity index (χ3v) is 7.94. The molecule has 0 aliphatic heterocycles. The molecule has 36 heavy (non-hydrogen) atoms. The van der Waals surface area contributed by atoms with Crippen molar-refractivity contribution in [3.63, 3.8) is 0 Å². The highest BCUT2D eigenvalue weighted by atomic mass is 32.1. The first-order chi connectivity index (χ1) is 17.2. The van der Waals surface area contributed by atoms with E-state index >= 15 is 0 Å². The molecule has 0 bridgehead atoms. The van der Waals surface area contributed by atoms with Gasteiger partial charge in [-0.1, -0.05) is 32.9 Å². The summed E-state index contributed by atoms with van der Waals surface area (Å²) >= 11 is 1.62. The number of hydrogen-bond acceptors (Lipinski definition) is 6. The van der Waals surface area contributed by atoms with Gasteiger partial charge in [-0.3, -0.25) is 4.79 Å². The Morgan fingerprint density at radius 2 is 1.81 bits per heavy atom. The van der Waals surface area contributed by atoms with Gasteiger partial charge in [-0.2, -0.15) is 0 Å². The van der Waals surface area contributed by atoms with Gasteiger partial charge >= 0.3 is 0 Å². The molecule has 0 fully saturated rings. The summed E-state index contributed by atoms with van der Waals surface area (Å²) in [4.78, 5) is 19.8. The van der Waals surface area contributed by atoms with E-state index < -0.39 is 0 Å². The van der Waals surface area contributed by atoms with E-state index in [1.807, 2.05) is 24.3 Å². The van der Waals surface area contributed by atoms with Gasteiger partial charge in [0.05, 0.1) is 32.6 Å². The minimum Gasteiger partial charge on any atom is -0.497 e. The monoisotopic (exact) mass is 506 g/mol. The van der Waals surface area contributed by atoms with Crippen LogP contribution >= 0.6 is 11.3 Å². The van der Waals surface area contributed by atoms with E-state index in [-0.39, 0.29) is 11.3 Å². The second-order valence-corrected chi connectivity index (χ2v) is 11.1. The molecule has 0 radical (unpaired) electrons. The standard InChI is InChI=1S/C29H34N2O4S/c1-29(2,3)19-10-12-22-25(15-19)36-28(30-17-18-8-7-9-20(14-18)33-4)26(22)27(32)31-23-13-11-21(34-5)16-24(23)35-6/h7-9,11,13-14,16-17,19H,10,12,15H2,1-6H3,(H,31,32)/b30-17-. The van der Waals surface area contributed by atoms with Crippen LogP contribution in [-0.2, 0) is 12.8 Å². The van der Waals surface area contributed by atoms with Gasteiger partial charge in [0.15, 0.2) is 0 Å². The lowest BCUT2D eigenvalue weighted by Gasteiger charge is -2.33. The van der Waals surface area contributed by atoms with Crippen molar-refractivity contribution in [2.45, 2.75) is 40.0 Å². The number of benzene rings is 2. The van der Waals surface area contributed by atoms with E-state index in [1.54, 1.807) is 57.1 Å². The molecule has 1 aromatic heterocycles. The molecule has 0 saturated carbocycles. The number of fused-ring (bicyclic) bond motifs is 1. The largest absolute Gasteiger partial charge is 0.497 e. The third-order valence-electron chi connectivity index (χ3n) is 6.78. The quantitative estimate of drug-likeness (QED) is 0.353. The Morgan fingerprint density at radius 3 is 2.50 bits per heavy atom. The molecule has 1 unspecified atom stereocenters. The highest BCUT2D eigenvalue weighted by Gasteiger charge is 2.33. The fourth-order valence-corrected chi connectivity index (χ4v) is 5.85. The number of carbonyl (C=O) groups is 1. The van der Waals surface area contributed by atoms with Gasteiger partial charge in [-0.15, -0.1) is 11.3 Å². The number of carbonyl (C=O) groups excluding carboxylic acids is 1. The van der Waals surface area contributed by atoms with Crippen molar-refractivity contribution in [3.05, 3.63) is 64.0 Å². The fourth-order valence-electron chi connectivity index (χ4n) is 4.58. The Bertz CT molecular complexity index is 1270. The first kappa shape index (κ1) is 25.8. The number of thiophene rings is 1. The Kier molecular flexibility index (Phi) is 7.69. The predicted octanol–water partition coefficient (Wildman–Crippen LogP) is 6.93. The van der Waals surface area contributed by atoms with E-state index in [2.05, 4.69) is 26.1 Å². The molecule has 1 aliphatic rings. The number of rotatable bonds is 7. The Balaban J connectivity index is 1.71. The summed E-state index contributed by atoms with van der Waals surface area (Å²) < 4.78 is 16.1. The van der Waals surface area contributed by atoms with Crippen molar-refractivity contribution in [3.8, 4) is 17.2 Å². The second-order valence-electron chi connectivity index (χ2n) is 10.0. The van der Waals surface area contributed by atoms with Crippen molar-refractivity contribution in [1.82, 2.24) is 0 Å². The molecule has 1 heterocycles. The van der Waals surface area contributed by atoms with Crippen LogP contribution in [-0.4, -0.2) is 33.5 Å². The van der Waals surface area contributed by atoms with Crippen molar-refractivity contribution < 1.29 is 19.0 Å². The second kappa shape index (κ2) is 10.7. The summed E-state index contributed by atoms with van der Waals surface area (Å²) in [6, 6.07) is 13.1. The number of ether oxygens (including phenoxy) is 3. The molecular formula is C29H34N2O4S. The highest BCUT2D eigenvalue weighted by molar-refractivity contribution is 7.16. The summed E-state index contributed by atoms with van der Waals surface area (Å²) in [5.74, 6) is 2.36. The summed E-state index contributed by atoms with van der Waals surface area (Å²) in [5.41, 5.74) is 3.48. The van der Waals surface area contributed by atoms with Gasteiger partial charge in [-0.05, 0) is 66.0 Å². The van der Waals surface area contributed by atoms with E-state index in [1.165, 1.54) is 4.88 Å².